The molecule has 1 aromatic heterocycles. The lowest BCUT2D eigenvalue weighted by Gasteiger charge is -2.24. The van der Waals surface area contributed by atoms with Gasteiger partial charge >= 0.3 is 0 Å². The van der Waals surface area contributed by atoms with Crippen molar-refractivity contribution in [1.82, 2.24) is 25.3 Å². The average molecular weight is 478 g/mol. The molecule has 0 bridgehead atoms. The van der Waals surface area contributed by atoms with Crippen LogP contribution in [0.15, 0.2) is 9.52 Å². The molecular formula is C18H35IN6O. The van der Waals surface area contributed by atoms with Crippen LogP contribution in [0.5, 0.6) is 0 Å². The molecule has 0 aromatic carbocycles. The monoisotopic (exact) mass is 478 g/mol. The van der Waals surface area contributed by atoms with Crippen LogP contribution < -0.4 is 5.32 Å². The zero-order valence-electron chi connectivity index (χ0n) is 16.9. The molecule has 1 N–H and O–H groups in total. The van der Waals surface area contributed by atoms with Crippen LogP contribution in [0, 0.1) is 5.92 Å². The van der Waals surface area contributed by atoms with E-state index in [9.17, 15) is 0 Å². The van der Waals surface area contributed by atoms with Gasteiger partial charge in [-0.3, -0.25) is 4.99 Å². The summed E-state index contributed by atoms with van der Waals surface area (Å²) in [4.78, 5) is 13.7. The van der Waals surface area contributed by atoms with Crippen molar-refractivity contribution < 1.29 is 4.52 Å². The summed E-state index contributed by atoms with van der Waals surface area (Å²) < 4.78 is 5.29. The number of guanidine groups is 1. The predicted molar refractivity (Wildman–Crippen MR) is 116 cm³/mol. The summed E-state index contributed by atoms with van der Waals surface area (Å²) in [7, 11) is 1.85. The third-order valence-electron chi connectivity index (χ3n) is 4.83. The van der Waals surface area contributed by atoms with E-state index in [0.717, 1.165) is 56.8 Å². The van der Waals surface area contributed by atoms with E-state index in [-0.39, 0.29) is 24.0 Å². The van der Waals surface area contributed by atoms with Crippen LogP contribution in [0.1, 0.15) is 51.7 Å². The van der Waals surface area contributed by atoms with Crippen LogP contribution in [0.25, 0.3) is 0 Å². The second kappa shape index (κ2) is 11.7. The molecule has 150 valence electrons. The van der Waals surface area contributed by atoms with Gasteiger partial charge in [0.05, 0.1) is 0 Å². The Bertz CT molecular complexity index is 544. The molecule has 0 amide bonds. The molecule has 0 saturated carbocycles. The number of likely N-dealkylation sites (tertiary alicyclic amines) is 1. The van der Waals surface area contributed by atoms with Crippen molar-refractivity contribution in [2.75, 3.05) is 46.3 Å². The molecule has 2 heterocycles. The summed E-state index contributed by atoms with van der Waals surface area (Å²) in [5.41, 5.74) is 0. The molecule has 2 rings (SSSR count). The summed E-state index contributed by atoms with van der Waals surface area (Å²) in [6.07, 6.45) is 1.95. The Morgan fingerprint density at radius 3 is 2.69 bits per heavy atom. The van der Waals surface area contributed by atoms with E-state index < -0.39 is 0 Å². The summed E-state index contributed by atoms with van der Waals surface area (Å²) in [6.45, 7) is 14.9. The second-order valence-corrected chi connectivity index (χ2v) is 7.01. The molecule has 1 aromatic rings. The van der Waals surface area contributed by atoms with Crippen LogP contribution in [0.2, 0.25) is 0 Å². The Labute approximate surface area is 175 Å². The fourth-order valence-electron chi connectivity index (χ4n) is 3.24. The predicted octanol–water partition coefficient (Wildman–Crippen LogP) is 2.59. The lowest BCUT2D eigenvalue weighted by molar-refractivity contribution is 0.255. The van der Waals surface area contributed by atoms with Crippen LogP contribution in [0.3, 0.4) is 0 Å². The standard InChI is InChI=1S/C18H34N6O.HI/c1-6-23(7-2)12-15-9-11-24(13-15)18(19-5)20-10-8-16-21-17(14(3)4)22-25-16;/h14-15H,6-13H2,1-5H3,(H,19,20);1H. The fourth-order valence-corrected chi connectivity index (χ4v) is 3.24. The minimum Gasteiger partial charge on any atom is -0.356 e. The van der Waals surface area contributed by atoms with E-state index in [1.165, 1.54) is 13.0 Å². The van der Waals surface area contributed by atoms with E-state index >= 15 is 0 Å². The maximum atomic E-state index is 5.29. The first-order chi connectivity index (χ1) is 12.1. The van der Waals surface area contributed by atoms with Gasteiger partial charge in [-0.2, -0.15) is 4.98 Å². The Morgan fingerprint density at radius 1 is 1.38 bits per heavy atom. The van der Waals surface area contributed by atoms with E-state index in [1.807, 2.05) is 7.05 Å². The van der Waals surface area contributed by atoms with Crippen LogP contribution in [0.4, 0.5) is 0 Å². The molecule has 7 nitrogen and oxygen atoms in total. The van der Waals surface area contributed by atoms with Crippen LogP contribution >= 0.6 is 24.0 Å². The van der Waals surface area contributed by atoms with Gasteiger partial charge in [0.2, 0.25) is 5.89 Å². The van der Waals surface area contributed by atoms with Gasteiger partial charge in [0.1, 0.15) is 0 Å². The maximum Gasteiger partial charge on any atom is 0.228 e. The smallest absolute Gasteiger partial charge is 0.228 e. The van der Waals surface area contributed by atoms with Gasteiger partial charge in [0.25, 0.3) is 0 Å². The Kier molecular flexibility index (Phi) is 10.4. The van der Waals surface area contributed by atoms with Gasteiger partial charge in [-0.05, 0) is 25.4 Å². The maximum absolute atomic E-state index is 5.29. The van der Waals surface area contributed by atoms with E-state index in [4.69, 9.17) is 4.52 Å². The molecule has 1 saturated heterocycles. The highest BCUT2D eigenvalue weighted by Gasteiger charge is 2.25. The van der Waals surface area contributed by atoms with Crippen molar-refractivity contribution in [3.63, 3.8) is 0 Å². The largest absolute Gasteiger partial charge is 0.356 e. The van der Waals surface area contributed by atoms with Crippen molar-refractivity contribution in [2.24, 2.45) is 10.9 Å². The highest BCUT2D eigenvalue weighted by Crippen LogP contribution is 2.17. The molecule has 1 fully saturated rings. The number of aliphatic imine (C=N–C) groups is 1. The molecule has 0 spiro atoms. The van der Waals surface area contributed by atoms with Crippen molar-refractivity contribution in [1.29, 1.82) is 0 Å². The Morgan fingerprint density at radius 2 is 2.12 bits per heavy atom. The quantitative estimate of drug-likeness (QED) is 0.352. The first-order valence-electron chi connectivity index (χ1n) is 9.57. The molecule has 1 aliphatic rings. The molecule has 1 atom stereocenters. The number of rotatable bonds is 8. The first-order valence-corrected chi connectivity index (χ1v) is 9.57. The lowest BCUT2D eigenvalue weighted by Crippen LogP contribution is -2.41. The summed E-state index contributed by atoms with van der Waals surface area (Å²) in [5, 5.41) is 7.44. The molecule has 26 heavy (non-hydrogen) atoms. The zero-order chi connectivity index (χ0) is 18.2. The molecule has 8 heteroatoms. The minimum atomic E-state index is 0. The summed E-state index contributed by atoms with van der Waals surface area (Å²) >= 11 is 0. The number of halogens is 1. The van der Waals surface area contributed by atoms with Crippen molar-refractivity contribution in [3.8, 4) is 0 Å². The average Bonchev–Trinajstić information content (AvgIpc) is 3.26. The van der Waals surface area contributed by atoms with Gasteiger partial charge in [-0.25, -0.2) is 0 Å². The van der Waals surface area contributed by atoms with Crippen LogP contribution in [-0.2, 0) is 6.42 Å². The molecule has 1 unspecified atom stereocenters. The second-order valence-electron chi connectivity index (χ2n) is 7.01. The van der Waals surface area contributed by atoms with E-state index in [0.29, 0.717) is 11.8 Å². The Balaban J connectivity index is 0.00000338. The number of nitrogens with zero attached hydrogens (tertiary/aromatic N) is 5. The van der Waals surface area contributed by atoms with Gasteiger partial charge < -0.3 is 19.6 Å². The van der Waals surface area contributed by atoms with Gasteiger partial charge in [0.15, 0.2) is 11.8 Å². The van der Waals surface area contributed by atoms with E-state index in [1.54, 1.807) is 0 Å². The number of hydrogen-bond donors (Lipinski definition) is 1. The minimum absolute atomic E-state index is 0. The molecule has 0 radical (unpaired) electrons. The van der Waals surface area contributed by atoms with Crippen molar-refractivity contribution in [3.05, 3.63) is 11.7 Å². The Hall–Kier alpha value is -0.900. The first kappa shape index (κ1) is 23.1. The molecule has 1 aliphatic heterocycles. The lowest BCUT2D eigenvalue weighted by atomic mass is 10.1. The number of aromatic nitrogens is 2. The third-order valence-corrected chi connectivity index (χ3v) is 4.83. The van der Waals surface area contributed by atoms with Gasteiger partial charge in [-0.15, -0.1) is 24.0 Å². The third kappa shape index (κ3) is 6.68. The molecular weight excluding hydrogens is 443 g/mol. The van der Waals surface area contributed by atoms with Gasteiger partial charge in [-0.1, -0.05) is 32.9 Å². The highest BCUT2D eigenvalue weighted by molar-refractivity contribution is 14.0. The SMILES string of the molecule is CCN(CC)CC1CCN(C(=NC)NCCc2nc(C(C)C)no2)C1.I. The number of nitrogens with one attached hydrogen (secondary N) is 1. The topological polar surface area (TPSA) is 69.8 Å². The van der Waals surface area contributed by atoms with Gasteiger partial charge in [0, 0.05) is 45.6 Å². The van der Waals surface area contributed by atoms with E-state index in [2.05, 4.69) is 57.9 Å². The highest BCUT2D eigenvalue weighted by atomic mass is 127. The van der Waals surface area contributed by atoms with Crippen molar-refractivity contribution >= 4 is 29.9 Å². The zero-order valence-corrected chi connectivity index (χ0v) is 19.2. The summed E-state index contributed by atoms with van der Waals surface area (Å²) in [5.74, 6) is 3.46. The summed E-state index contributed by atoms with van der Waals surface area (Å²) in [6, 6.07) is 0. The van der Waals surface area contributed by atoms with Crippen LogP contribution in [-0.4, -0.2) is 72.2 Å². The van der Waals surface area contributed by atoms with Crippen molar-refractivity contribution in [2.45, 2.75) is 46.5 Å². The molecule has 0 aliphatic carbocycles. The normalized spacial score (nSPS) is 17.9. The fraction of sp³-hybridized carbons (Fsp3) is 0.833. The number of hydrogen-bond acceptors (Lipinski definition) is 5.